The van der Waals surface area contributed by atoms with Crippen LogP contribution in [-0.2, 0) is 11.0 Å². The van der Waals surface area contributed by atoms with Crippen LogP contribution in [0.2, 0.25) is 0 Å². The van der Waals surface area contributed by atoms with E-state index in [0.29, 0.717) is 6.54 Å². The van der Waals surface area contributed by atoms with E-state index in [1.807, 2.05) is 0 Å². The number of anilines is 1. The molecule has 0 radical (unpaired) electrons. The van der Waals surface area contributed by atoms with Crippen LogP contribution < -0.4 is 5.32 Å². The zero-order chi connectivity index (χ0) is 17.0. The van der Waals surface area contributed by atoms with Gasteiger partial charge in [-0.25, -0.2) is 0 Å². The highest BCUT2D eigenvalue weighted by atomic mass is 19.4. The second kappa shape index (κ2) is 7.31. The summed E-state index contributed by atoms with van der Waals surface area (Å²) in [5, 5.41) is 12.0. The van der Waals surface area contributed by atoms with E-state index < -0.39 is 11.7 Å². The molecule has 2 atom stereocenters. The summed E-state index contributed by atoms with van der Waals surface area (Å²) in [5.41, 5.74) is -0.636. The first-order valence-electron chi connectivity index (χ1n) is 7.63. The van der Waals surface area contributed by atoms with Gasteiger partial charge in [0.15, 0.2) is 0 Å². The summed E-state index contributed by atoms with van der Waals surface area (Å²) in [7, 11) is 0. The van der Waals surface area contributed by atoms with Gasteiger partial charge in [-0.05, 0) is 44.0 Å². The van der Waals surface area contributed by atoms with E-state index in [4.69, 9.17) is 0 Å². The van der Waals surface area contributed by atoms with E-state index >= 15 is 0 Å². The number of halogens is 3. The first-order valence-corrected chi connectivity index (χ1v) is 7.63. The topological polar surface area (TPSA) is 52.6 Å². The number of amides is 1. The van der Waals surface area contributed by atoms with Gasteiger partial charge in [0.05, 0.1) is 11.7 Å². The smallest absolute Gasteiger partial charge is 0.393 e. The molecule has 0 bridgehead atoms. The molecule has 1 aromatic carbocycles. The van der Waals surface area contributed by atoms with Crippen LogP contribution in [0.4, 0.5) is 18.9 Å². The standard InChI is InChI=1S/C16H21F3N2O2/c1-11(22)12-5-7-21(10-12)8-6-15(23)20-14-4-2-3-13(9-14)16(17,18)19/h2-4,9,11-12,22H,5-8,10H2,1H3,(H,20,23). The van der Waals surface area contributed by atoms with Gasteiger partial charge in [0.2, 0.25) is 5.91 Å². The minimum absolute atomic E-state index is 0.146. The Balaban J connectivity index is 1.82. The maximum Gasteiger partial charge on any atom is 0.416 e. The Bertz CT molecular complexity index is 546. The monoisotopic (exact) mass is 330 g/mol. The Morgan fingerprint density at radius 1 is 1.48 bits per heavy atom. The molecule has 2 unspecified atom stereocenters. The van der Waals surface area contributed by atoms with Gasteiger partial charge in [-0.15, -0.1) is 0 Å². The summed E-state index contributed by atoms with van der Waals surface area (Å²) in [6, 6.07) is 4.60. The molecule has 0 spiro atoms. The Labute approximate surface area is 133 Å². The summed E-state index contributed by atoms with van der Waals surface area (Å²) in [4.78, 5) is 14.0. The average molecular weight is 330 g/mol. The van der Waals surface area contributed by atoms with Gasteiger partial charge >= 0.3 is 6.18 Å². The van der Waals surface area contributed by atoms with E-state index in [9.17, 15) is 23.1 Å². The van der Waals surface area contributed by atoms with Gasteiger partial charge in [-0.3, -0.25) is 4.79 Å². The summed E-state index contributed by atoms with van der Waals surface area (Å²) in [5.74, 6) is -0.0913. The number of nitrogens with one attached hydrogen (secondary N) is 1. The number of aliphatic hydroxyl groups is 1. The molecule has 1 aromatic rings. The van der Waals surface area contributed by atoms with Gasteiger partial charge in [0.25, 0.3) is 0 Å². The minimum Gasteiger partial charge on any atom is -0.393 e. The summed E-state index contributed by atoms with van der Waals surface area (Å²) in [6.07, 6.45) is -3.68. The number of alkyl halides is 3. The number of carbonyl (C=O) groups is 1. The van der Waals surface area contributed by atoms with Gasteiger partial charge in [-0.2, -0.15) is 13.2 Å². The summed E-state index contributed by atoms with van der Waals surface area (Å²) >= 11 is 0. The van der Waals surface area contributed by atoms with E-state index in [0.717, 1.165) is 31.6 Å². The third-order valence-electron chi connectivity index (χ3n) is 4.12. The highest BCUT2D eigenvalue weighted by molar-refractivity contribution is 5.90. The van der Waals surface area contributed by atoms with Crippen LogP contribution in [0.3, 0.4) is 0 Å². The van der Waals surface area contributed by atoms with Crippen molar-refractivity contribution in [2.75, 3.05) is 25.0 Å². The number of hydrogen-bond acceptors (Lipinski definition) is 3. The third-order valence-corrected chi connectivity index (χ3v) is 4.12. The van der Waals surface area contributed by atoms with Crippen molar-refractivity contribution in [1.82, 2.24) is 4.90 Å². The Kier molecular flexibility index (Phi) is 5.64. The zero-order valence-corrected chi connectivity index (χ0v) is 12.9. The van der Waals surface area contributed by atoms with Crippen molar-refractivity contribution in [1.29, 1.82) is 0 Å². The van der Waals surface area contributed by atoms with Crippen molar-refractivity contribution in [2.24, 2.45) is 5.92 Å². The third kappa shape index (κ3) is 5.21. The van der Waals surface area contributed by atoms with Crippen LogP contribution in [0.1, 0.15) is 25.3 Å². The van der Waals surface area contributed by atoms with Crippen LogP contribution in [0.15, 0.2) is 24.3 Å². The number of hydrogen-bond donors (Lipinski definition) is 2. The Morgan fingerprint density at radius 3 is 2.83 bits per heavy atom. The summed E-state index contributed by atoms with van der Waals surface area (Å²) < 4.78 is 37.9. The quantitative estimate of drug-likeness (QED) is 0.873. The minimum atomic E-state index is -4.42. The number of benzene rings is 1. The maximum absolute atomic E-state index is 12.6. The molecule has 1 aliphatic rings. The van der Waals surface area contributed by atoms with Crippen LogP contribution in [0.5, 0.6) is 0 Å². The number of aliphatic hydroxyl groups excluding tert-OH is 1. The highest BCUT2D eigenvalue weighted by Gasteiger charge is 2.30. The molecule has 1 heterocycles. The maximum atomic E-state index is 12.6. The van der Waals surface area contributed by atoms with Crippen LogP contribution >= 0.6 is 0 Å². The molecule has 4 nitrogen and oxygen atoms in total. The zero-order valence-electron chi connectivity index (χ0n) is 12.9. The molecular weight excluding hydrogens is 309 g/mol. The van der Waals surface area contributed by atoms with E-state index in [1.165, 1.54) is 12.1 Å². The molecule has 23 heavy (non-hydrogen) atoms. The predicted molar refractivity (Wildman–Crippen MR) is 80.9 cm³/mol. The first-order chi connectivity index (χ1) is 10.8. The van der Waals surface area contributed by atoms with Crippen molar-refractivity contribution >= 4 is 11.6 Å². The largest absolute Gasteiger partial charge is 0.416 e. The average Bonchev–Trinajstić information content (AvgIpc) is 2.94. The van der Waals surface area contributed by atoms with Crippen molar-refractivity contribution < 1.29 is 23.1 Å². The second-order valence-corrected chi connectivity index (χ2v) is 5.97. The van der Waals surface area contributed by atoms with Crippen LogP contribution in [-0.4, -0.2) is 41.7 Å². The Hall–Kier alpha value is -1.60. The van der Waals surface area contributed by atoms with Crippen molar-refractivity contribution in [2.45, 2.75) is 32.0 Å². The fourth-order valence-corrected chi connectivity index (χ4v) is 2.72. The second-order valence-electron chi connectivity index (χ2n) is 5.97. The van der Waals surface area contributed by atoms with E-state index in [-0.39, 0.29) is 30.0 Å². The predicted octanol–water partition coefficient (Wildman–Crippen LogP) is 2.74. The Morgan fingerprint density at radius 2 is 2.22 bits per heavy atom. The molecular formula is C16H21F3N2O2. The molecule has 2 N–H and O–H groups in total. The lowest BCUT2D eigenvalue weighted by atomic mass is 10.0. The fourth-order valence-electron chi connectivity index (χ4n) is 2.72. The van der Waals surface area contributed by atoms with E-state index in [2.05, 4.69) is 10.2 Å². The van der Waals surface area contributed by atoms with Crippen molar-refractivity contribution in [3.8, 4) is 0 Å². The normalized spacial score (nSPS) is 20.5. The molecule has 1 amide bonds. The molecule has 0 aromatic heterocycles. The lowest BCUT2D eigenvalue weighted by molar-refractivity contribution is -0.137. The number of rotatable bonds is 5. The van der Waals surface area contributed by atoms with Gasteiger partial charge in [0, 0.05) is 25.2 Å². The fraction of sp³-hybridized carbons (Fsp3) is 0.562. The molecule has 0 saturated carbocycles. The molecule has 1 saturated heterocycles. The lowest BCUT2D eigenvalue weighted by Gasteiger charge is -2.17. The molecule has 2 rings (SSSR count). The van der Waals surface area contributed by atoms with Crippen molar-refractivity contribution in [3.63, 3.8) is 0 Å². The van der Waals surface area contributed by atoms with Gasteiger partial charge < -0.3 is 15.3 Å². The van der Waals surface area contributed by atoms with Crippen LogP contribution in [0, 0.1) is 5.92 Å². The molecule has 0 aliphatic carbocycles. The molecule has 1 fully saturated rings. The number of likely N-dealkylation sites (tertiary alicyclic amines) is 1. The van der Waals surface area contributed by atoms with E-state index in [1.54, 1.807) is 6.92 Å². The molecule has 128 valence electrons. The van der Waals surface area contributed by atoms with Crippen molar-refractivity contribution in [3.05, 3.63) is 29.8 Å². The van der Waals surface area contributed by atoms with Gasteiger partial charge in [-0.1, -0.05) is 6.07 Å². The number of nitrogens with zero attached hydrogens (tertiary/aromatic N) is 1. The van der Waals surface area contributed by atoms with Crippen LogP contribution in [0.25, 0.3) is 0 Å². The molecule has 1 aliphatic heterocycles. The highest BCUT2D eigenvalue weighted by Crippen LogP contribution is 2.30. The number of carbonyl (C=O) groups excluding carboxylic acids is 1. The first kappa shape index (κ1) is 17.7. The lowest BCUT2D eigenvalue weighted by Crippen LogP contribution is -2.27. The SMILES string of the molecule is CC(O)C1CCN(CCC(=O)Nc2cccc(C(F)(F)F)c2)C1. The summed E-state index contributed by atoms with van der Waals surface area (Å²) in [6.45, 7) is 3.86. The van der Waals surface area contributed by atoms with Gasteiger partial charge in [0.1, 0.15) is 0 Å². The molecule has 7 heteroatoms.